The molecule has 3 rings (SSSR count). The van der Waals surface area contributed by atoms with Gasteiger partial charge in [0.1, 0.15) is 5.75 Å². The third kappa shape index (κ3) is 1.61. The Balaban J connectivity index is 2.27. The molecule has 0 aliphatic heterocycles. The van der Waals surface area contributed by atoms with E-state index in [-0.39, 0.29) is 0 Å². The van der Waals surface area contributed by atoms with Gasteiger partial charge >= 0.3 is 0 Å². The van der Waals surface area contributed by atoms with Crippen molar-refractivity contribution in [2.24, 2.45) is 0 Å². The summed E-state index contributed by atoms with van der Waals surface area (Å²) in [5.74, 6) is 1.38. The SMILES string of the molecule is COc1ccc2nc(Cl)nc(C3CC3)c2c1. The van der Waals surface area contributed by atoms with Crippen LogP contribution in [-0.2, 0) is 0 Å². The number of halogens is 1. The molecule has 0 spiro atoms. The summed E-state index contributed by atoms with van der Waals surface area (Å²) in [6.07, 6.45) is 2.39. The van der Waals surface area contributed by atoms with Crippen LogP contribution in [0.5, 0.6) is 5.75 Å². The van der Waals surface area contributed by atoms with E-state index in [0.717, 1.165) is 22.3 Å². The molecule has 82 valence electrons. The lowest BCUT2D eigenvalue weighted by Crippen LogP contribution is -1.94. The monoisotopic (exact) mass is 234 g/mol. The minimum absolute atomic E-state index is 0.333. The van der Waals surface area contributed by atoms with Crippen molar-refractivity contribution in [1.82, 2.24) is 9.97 Å². The highest BCUT2D eigenvalue weighted by Crippen LogP contribution is 2.42. The van der Waals surface area contributed by atoms with E-state index in [4.69, 9.17) is 16.3 Å². The summed E-state index contributed by atoms with van der Waals surface area (Å²) in [4.78, 5) is 8.56. The van der Waals surface area contributed by atoms with Crippen LogP contribution in [0, 0.1) is 0 Å². The number of hydrogen-bond donors (Lipinski definition) is 0. The molecule has 1 aromatic heterocycles. The molecule has 16 heavy (non-hydrogen) atoms. The summed E-state index contributed by atoms with van der Waals surface area (Å²) in [6, 6.07) is 5.80. The van der Waals surface area contributed by atoms with E-state index in [0.29, 0.717) is 11.2 Å². The Bertz CT molecular complexity index is 552. The van der Waals surface area contributed by atoms with Gasteiger partial charge in [0.25, 0.3) is 0 Å². The Morgan fingerprint density at radius 3 is 2.81 bits per heavy atom. The van der Waals surface area contributed by atoms with Crippen LogP contribution in [0.15, 0.2) is 18.2 Å². The fourth-order valence-corrected chi connectivity index (χ4v) is 2.08. The van der Waals surface area contributed by atoms with Gasteiger partial charge in [-0.25, -0.2) is 9.97 Å². The van der Waals surface area contributed by atoms with E-state index < -0.39 is 0 Å². The summed E-state index contributed by atoms with van der Waals surface area (Å²) in [7, 11) is 1.66. The van der Waals surface area contributed by atoms with Crippen LogP contribution >= 0.6 is 11.6 Å². The molecule has 0 amide bonds. The van der Waals surface area contributed by atoms with Crippen molar-refractivity contribution in [3.8, 4) is 5.75 Å². The van der Waals surface area contributed by atoms with Crippen molar-refractivity contribution >= 4 is 22.5 Å². The van der Waals surface area contributed by atoms with Gasteiger partial charge in [-0.2, -0.15) is 0 Å². The van der Waals surface area contributed by atoms with Crippen LogP contribution in [-0.4, -0.2) is 17.1 Å². The van der Waals surface area contributed by atoms with Gasteiger partial charge in [0.15, 0.2) is 0 Å². The predicted octanol–water partition coefficient (Wildman–Crippen LogP) is 3.17. The van der Waals surface area contributed by atoms with E-state index in [1.54, 1.807) is 7.11 Å². The molecule has 1 fully saturated rings. The summed E-state index contributed by atoms with van der Waals surface area (Å²) in [5, 5.41) is 1.39. The number of benzene rings is 1. The van der Waals surface area contributed by atoms with Crippen LogP contribution in [0.25, 0.3) is 10.9 Å². The van der Waals surface area contributed by atoms with Gasteiger partial charge in [0.05, 0.1) is 18.3 Å². The maximum absolute atomic E-state index is 5.92. The molecule has 0 radical (unpaired) electrons. The highest BCUT2D eigenvalue weighted by Gasteiger charge is 2.27. The van der Waals surface area contributed by atoms with Gasteiger partial charge in [-0.1, -0.05) is 0 Å². The number of hydrogen-bond acceptors (Lipinski definition) is 3. The fourth-order valence-electron chi connectivity index (χ4n) is 1.90. The lowest BCUT2D eigenvalue weighted by Gasteiger charge is -2.06. The Morgan fingerprint density at radius 2 is 2.12 bits per heavy atom. The lowest BCUT2D eigenvalue weighted by molar-refractivity contribution is 0.415. The fraction of sp³-hybridized carbons (Fsp3) is 0.333. The molecular weight excluding hydrogens is 224 g/mol. The Kier molecular flexibility index (Phi) is 2.21. The molecule has 3 nitrogen and oxygen atoms in total. The smallest absolute Gasteiger partial charge is 0.223 e. The van der Waals surface area contributed by atoms with Crippen LogP contribution in [0.1, 0.15) is 24.5 Å². The number of nitrogens with zero attached hydrogens (tertiary/aromatic N) is 2. The normalized spacial score (nSPS) is 15.4. The molecule has 1 aliphatic carbocycles. The second-order valence-electron chi connectivity index (χ2n) is 4.04. The summed E-state index contributed by atoms with van der Waals surface area (Å²) < 4.78 is 5.22. The maximum atomic E-state index is 5.92. The molecule has 0 unspecified atom stereocenters. The molecule has 1 aromatic carbocycles. The second kappa shape index (κ2) is 3.59. The van der Waals surface area contributed by atoms with Gasteiger partial charge in [-0.3, -0.25) is 0 Å². The summed E-state index contributed by atoms with van der Waals surface area (Å²) >= 11 is 5.92. The van der Waals surface area contributed by atoms with E-state index in [9.17, 15) is 0 Å². The van der Waals surface area contributed by atoms with E-state index in [1.807, 2.05) is 18.2 Å². The lowest BCUT2D eigenvalue weighted by atomic mass is 10.1. The van der Waals surface area contributed by atoms with Gasteiger partial charge in [-0.15, -0.1) is 0 Å². The average molecular weight is 235 g/mol. The van der Waals surface area contributed by atoms with Crippen LogP contribution in [0.2, 0.25) is 5.28 Å². The molecule has 0 bridgehead atoms. The third-order valence-electron chi connectivity index (χ3n) is 2.87. The first kappa shape index (κ1) is 9.85. The molecule has 0 N–H and O–H groups in total. The molecule has 1 aliphatic rings. The Hall–Kier alpha value is -1.35. The first-order valence-corrected chi connectivity index (χ1v) is 5.67. The van der Waals surface area contributed by atoms with Gasteiger partial charge in [-0.05, 0) is 42.6 Å². The van der Waals surface area contributed by atoms with Crippen molar-refractivity contribution in [2.75, 3.05) is 7.11 Å². The quantitative estimate of drug-likeness (QED) is 0.749. The number of methoxy groups -OCH3 is 1. The molecule has 1 heterocycles. The molecule has 2 aromatic rings. The van der Waals surface area contributed by atoms with Crippen molar-refractivity contribution in [3.05, 3.63) is 29.2 Å². The van der Waals surface area contributed by atoms with Gasteiger partial charge in [0, 0.05) is 11.3 Å². The highest BCUT2D eigenvalue weighted by molar-refractivity contribution is 6.28. The standard InChI is InChI=1S/C12H11ClN2O/c1-16-8-4-5-10-9(6-8)11(7-2-3-7)15-12(13)14-10/h4-7H,2-3H2,1H3. The average Bonchev–Trinajstić information content (AvgIpc) is 3.11. The van der Waals surface area contributed by atoms with Crippen LogP contribution < -0.4 is 4.74 Å². The first-order chi connectivity index (χ1) is 7.78. The number of ether oxygens (including phenoxy) is 1. The molecule has 0 atom stereocenters. The zero-order chi connectivity index (χ0) is 11.1. The van der Waals surface area contributed by atoms with Gasteiger partial charge < -0.3 is 4.74 Å². The topological polar surface area (TPSA) is 35.0 Å². The van der Waals surface area contributed by atoms with Gasteiger partial charge in [0.2, 0.25) is 5.28 Å². The van der Waals surface area contributed by atoms with Crippen molar-refractivity contribution in [2.45, 2.75) is 18.8 Å². The number of fused-ring (bicyclic) bond motifs is 1. The maximum Gasteiger partial charge on any atom is 0.223 e. The molecule has 4 heteroatoms. The number of rotatable bonds is 2. The predicted molar refractivity (Wildman–Crippen MR) is 63.1 cm³/mol. The zero-order valence-corrected chi connectivity index (χ0v) is 9.66. The molecule has 1 saturated carbocycles. The Labute approximate surface area is 98.4 Å². The van der Waals surface area contributed by atoms with E-state index >= 15 is 0 Å². The zero-order valence-electron chi connectivity index (χ0n) is 8.90. The minimum Gasteiger partial charge on any atom is -0.497 e. The van der Waals surface area contributed by atoms with Crippen molar-refractivity contribution < 1.29 is 4.74 Å². The third-order valence-corrected chi connectivity index (χ3v) is 3.04. The number of aromatic nitrogens is 2. The van der Waals surface area contributed by atoms with E-state index in [2.05, 4.69) is 9.97 Å². The van der Waals surface area contributed by atoms with Crippen molar-refractivity contribution in [3.63, 3.8) is 0 Å². The summed E-state index contributed by atoms with van der Waals surface area (Å²) in [5.41, 5.74) is 1.96. The van der Waals surface area contributed by atoms with Crippen LogP contribution in [0.3, 0.4) is 0 Å². The summed E-state index contributed by atoms with van der Waals surface area (Å²) in [6.45, 7) is 0. The molecular formula is C12H11ClN2O. The van der Waals surface area contributed by atoms with E-state index in [1.165, 1.54) is 12.8 Å². The highest BCUT2D eigenvalue weighted by atomic mass is 35.5. The largest absolute Gasteiger partial charge is 0.497 e. The Morgan fingerprint density at radius 1 is 1.31 bits per heavy atom. The minimum atomic E-state index is 0.333. The first-order valence-electron chi connectivity index (χ1n) is 5.29. The van der Waals surface area contributed by atoms with Crippen molar-refractivity contribution in [1.29, 1.82) is 0 Å². The second-order valence-corrected chi connectivity index (χ2v) is 4.37. The van der Waals surface area contributed by atoms with Crippen LogP contribution in [0.4, 0.5) is 0 Å². The molecule has 0 saturated heterocycles.